The average molecular weight is 1990 g/mol. The van der Waals surface area contributed by atoms with Crippen molar-refractivity contribution >= 4 is 54.1 Å². The van der Waals surface area contributed by atoms with Crippen molar-refractivity contribution in [3.05, 3.63) is 378 Å². The Labute approximate surface area is 865 Å². The lowest BCUT2D eigenvalue weighted by Crippen LogP contribution is -2.41. The molecule has 0 bridgehead atoms. The highest BCUT2D eigenvalue weighted by atomic mass is 16.5. The number of phenols is 3. The van der Waals surface area contributed by atoms with Gasteiger partial charge in [0, 0.05) is 108 Å². The summed E-state index contributed by atoms with van der Waals surface area (Å²) >= 11 is 0. The van der Waals surface area contributed by atoms with Gasteiger partial charge in [0.1, 0.15) is 114 Å². The van der Waals surface area contributed by atoms with Crippen molar-refractivity contribution < 1.29 is 81.8 Å². The average Bonchev–Trinajstić information content (AvgIpc) is 1.64. The number of rotatable bonds is 35. The van der Waals surface area contributed by atoms with Crippen molar-refractivity contribution in [2.24, 2.45) is 0 Å². The van der Waals surface area contributed by atoms with Crippen molar-refractivity contribution in [1.82, 2.24) is 29.7 Å². The molecule has 3 N–H and O–H groups in total. The molecule has 1 saturated carbocycles. The van der Waals surface area contributed by atoms with Crippen LogP contribution >= 0.6 is 0 Å². The number of nitrogens with zero attached hydrogens (tertiary/aromatic N) is 9. The molecule has 4 aliphatic rings. The standard InChI is InChI=1S/C21H21N3O2.C21H19NO3.C20H18N2O3.3C20H23NO3/c1-2-17-19(25)9-4-10-20(17)26-14-15-6-5-12-22-21(15)18-11-13-23-24(18)16-7-3-8-16;1-3-16-18(23)10-6-12-20(16)25-14-15-8-7-13-22-21(15)17-9-4-5-11-19(17)24-2;1-3-15-17(23)9-4-10-18(15)25-13-14-7-5-11-21-19(14)16-8-6-12-22-20(16)24-2;2*1-15-6-3-10-20(19(15)13-22)24-14-17-8-5-11-21(17)16-7-4-9-18(12-16)23-2;1-15-6-3-10-20(19(15)14-22)24-18-9-5-11-21(13-18)16-7-4-8-17(12-16)23-2/h2,4-6,9-13,16,25H,1,3,7-8,14H2;3-13,23H,1,14H2,2H3;3-12,23H,1,13H2,2H3;2*3-4,6-7,9-10,12-13,17H,5,8,11,14H2,1-2H3;3-4,6-8,10,12,14,18H,5,9,11,13H2,1-2H3/t;;;2*17-;/m...00./s1. The molecule has 19 rings (SSSR count). The van der Waals surface area contributed by atoms with Gasteiger partial charge >= 0.3 is 0 Å². The van der Waals surface area contributed by atoms with Crippen LogP contribution < -0.4 is 66.8 Å². The fraction of sp³-hybridized carbons (Fsp3) is 0.246. The second-order valence-corrected chi connectivity index (χ2v) is 35.4. The molecule has 26 heteroatoms. The van der Waals surface area contributed by atoms with Crippen LogP contribution in [0.15, 0.2) is 312 Å². The van der Waals surface area contributed by atoms with Crippen molar-refractivity contribution in [3.63, 3.8) is 0 Å². The van der Waals surface area contributed by atoms with Crippen LogP contribution in [0.1, 0.15) is 145 Å². The van der Waals surface area contributed by atoms with E-state index in [0.717, 1.165) is 191 Å². The number of aldehydes is 3. The maximum Gasteiger partial charge on any atom is 0.222 e. The zero-order chi connectivity index (χ0) is 104. The second-order valence-electron chi connectivity index (χ2n) is 35.4. The number of benzene rings is 10. The molecule has 8 heterocycles. The molecule has 0 radical (unpaired) electrons. The topological polar surface area (TPSA) is 293 Å². The number of aromatic hydroxyl groups is 3. The molecule has 148 heavy (non-hydrogen) atoms. The quantitative estimate of drug-likeness (QED) is 0.0311. The predicted molar refractivity (Wildman–Crippen MR) is 582 cm³/mol. The summed E-state index contributed by atoms with van der Waals surface area (Å²) in [6.07, 6.45) is 26.3. The summed E-state index contributed by atoms with van der Waals surface area (Å²) in [5.74, 6) is 8.03. The Morgan fingerprint density at radius 2 is 0.743 bits per heavy atom. The molecule has 762 valence electrons. The van der Waals surface area contributed by atoms with Crippen molar-refractivity contribution in [2.45, 2.75) is 123 Å². The van der Waals surface area contributed by atoms with E-state index in [0.29, 0.717) is 118 Å². The van der Waals surface area contributed by atoms with Crippen LogP contribution in [0.25, 0.3) is 52.1 Å². The van der Waals surface area contributed by atoms with Crippen LogP contribution in [0.2, 0.25) is 0 Å². The molecule has 3 saturated heterocycles. The number of carbonyl (C=O) groups excluding carboxylic acids is 3. The Morgan fingerprint density at radius 1 is 0.351 bits per heavy atom. The first-order valence-electron chi connectivity index (χ1n) is 49.4. The largest absolute Gasteiger partial charge is 0.507 e. The van der Waals surface area contributed by atoms with Crippen LogP contribution in [-0.4, -0.2) is 157 Å². The SMILES string of the molecule is C=Cc1c(O)cccc1OCc1cccnc1-c1ccccc1OC.C=Cc1c(O)cccc1OCc1cccnc1-c1cccnc1OC.C=Cc1c(O)cccc1OCc1cccnc1-c1ccnn1C1CCC1.COc1cccc(N2CCCC(Oc3cccc(C)c3C=O)C2)c1.COc1cccc(N2CCC[C@H]2COc2cccc(C)c2C=O)c1.COc1cccc(N2CCC[C@H]2COc2cccc(C)c2C=O)c1. The normalized spacial score (nSPS) is 14.2. The van der Waals surface area contributed by atoms with Gasteiger partial charge in [-0.1, -0.05) is 141 Å². The summed E-state index contributed by atoms with van der Waals surface area (Å²) in [5, 5.41) is 34.3. The first kappa shape index (κ1) is 107. The van der Waals surface area contributed by atoms with Gasteiger partial charge < -0.3 is 82.1 Å². The van der Waals surface area contributed by atoms with E-state index in [9.17, 15) is 29.7 Å². The maximum atomic E-state index is 11.3. The van der Waals surface area contributed by atoms with Crippen molar-refractivity contribution in [2.75, 3.05) is 89.6 Å². The molecule has 15 aromatic rings. The summed E-state index contributed by atoms with van der Waals surface area (Å²) in [7, 11) is 8.26. The van der Waals surface area contributed by atoms with Gasteiger partial charge in [0.15, 0.2) is 18.9 Å². The number of para-hydroxylation sites is 1. The first-order chi connectivity index (χ1) is 72.4. The van der Waals surface area contributed by atoms with Gasteiger partial charge in [-0.25, -0.2) is 4.98 Å². The number of pyridine rings is 4. The van der Waals surface area contributed by atoms with E-state index in [4.69, 9.17) is 52.1 Å². The van der Waals surface area contributed by atoms with E-state index in [2.05, 4.69) is 94.5 Å². The van der Waals surface area contributed by atoms with Gasteiger partial charge in [-0.05, 0) is 235 Å². The Balaban J connectivity index is 0.000000140. The van der Waals surface area contributed by atoms with Gasteiger partial charge in [0.2, 0.25) is 5.88 Å². The number of methoxy groups -OCH3 is 5. The lowest BCUT2D eigenvalue weighted by Gasteiger charge is -2.34. The molecular formula is C122H127N9O17. The third kappa shape index (κ3) is 27.5. The van der Waals surface area contributed by atoms with Crippen LogP contribution in [0.4, 0.5) is 17.1 Å². The second kappa shape index (κ2) is 54.0. The maximum absolute atomic E-state index is 11.3. The van der Waals surface area contributed by atoms with E-state index >= 15 is 0 Å². The van der Waals surface area contributed by atoms with E-state index in [1.165, 1.54) is 19.3 Å². The minimum absolute atomic E-state index is 0.0745. The van der Waals surface area contributed by atoms with Crippen LogP contribution in [0.5, 0.6) is 80.6 Å². The first-order valence-corrected chi connectivity index (χ1v) is 49.4. The molecule has 3 aliphatic heterocycles. The zero-order valence-electron chi connectivity index (χ0n) is 84.9. The van der Waals surface area contributed by atoms with Crippen molar-refractivity contribution in [1.29, 1.82) is 0 Å². The molecule has 0 amide bonds. The van der Waals surface area contributed by atoms with Gasteiger partial charge in [0.25, 0.3) is 0 Å². The Bertz CT molecular complexity index is 6700. The van der Waals surface area contributed by atoms with E-state index < -0.39 is 0 Å². The van der Waals surface area contributed by atoms with Crippen LogP contribution in [-0.2, 0) is 19.8 Å². The smallest absolute Gasteiger partial charge is 0.222 e. The molecule has 26 nitrogen and oxygen atoms in total. The highest BCUT2D eigenvalue weighted by Crippen LogP contribution is 2.41. The van der Waals surface area contributed by atoms with Gasteiger partial charge in [0.05, 0.1) is 122 Å². The van der Waals surface area contributed by atoms with Gasteiger partial charge in [-0.3, -0.25) is 34.0 Å². The Hall–Kier alpha value is -17.2. The number of ether oxygens (including phenoxy) is 11. The summed E-state index contributed by atoms with van der Waals surface area (Å²) in [6.45, 7) is 22.9. The highest BCUT2D eigenvalue weighted by molar-refractivity contribution is 5.83. The Kier molecular flexibility index (Phi) is 38.9. The molecule has 5 aromatic heterocycles. The molecule has 1 unspecified atom stereocenters. The Morgan fingerprint density at radius 3 is 1.20 bits per heavy atom. The minimum atomic E-state index is 0.0745. The van der Waals surface area contributed by atoms with E-state index in [1.54, 1.807) is 127 Å². The molecule has 1 aliphatic carbocycles. The van der Waals surface area contributed by atoms with Gasteiger partial charge in [-0.15, -0.1) is 0 Å². The molecule has 4 fully saturated rings. The van der Waals surface area contributed by atoms with Gasteiger partial charge in [-0.2, -0.15) is 5.10 Å². The molecular weight excluding hydrogens is 1860 g/mol. The third-order valence-electron chi connectivity index (χ3n) is 26.2. The van der Waals surface area contributed by atoms with Crippen molar-refractivity contribution in [3.8, 4) is 115 Å². The van der Waals surface area contributed by atoms with Crippen LogP contribution in [0, 0.1) is 20.8 Å². The van der Waals surface area contributed by atoms with Crippen LogP contribution in [0.3, 0.4) is 0 Å². The third-order valence-corrected chi connectivity index (χ3v) is 26.2. The predicted octanol–water partition coefficient (Wildman–Crippen LogP) is 25.0. The number of aromatic nitrogens is 6. The lowest BCUT2D eigenvalue weighted by atomic mass is 9.93. The fourth-order valence-electron chi connectivity index (χ4n) is 18.1. The summed E-state index contributed by atoms with van der Waals surface area (Å²) in [6, 6.07) is 83.0. The number of hydrogen-bond acceptors (Lipinski definition) is 25. The minimum Gasteiger partial charge on any atom is -0.507 e. The van der Waals surface area contributed by atoms with E-state index in [1.807, 2.05) is 209 Å². The lowest BCUT2D eigenvalue weighted by molar-refractivity contribution is 0.110. The number of phenolic OH excluding ortho intramolecular Hbond substituents is 3. The number of aryl methyl sites for hydroxylation is 3. The highest BCUT2D eigenvalue weighted by Gasteiger charge is 2.31. The summed E-state index contributed by atoms with van der Waals surface area (Å²) < 4.78 is 64.8. The summed E-state index contributed by atoms with van der Waals surface area (Å²) in [5.41, 5.74) is 17.9. The number of hydrogen-bond donors (Lipinski definition) is 3. The summed E-state index contributed by atoms with van der Waals surface area (Å²) in [4.78, 5) is 58.7. The number of anilines is 3. The molecule has 10 aromatic carbocycles. The fourth-order valence-corrected chi connectivity index (χ4v) is 18.1. The molecule has 3 atom stereocenters. The monoisotopic (exact) mass is 1990 g/mol. The number of carbonyl (C=O) groups is 3. The van der Waals surface area contributed by atoms with E-state index in [-0.39, 0.29) is 30.0 Å². The zero-order valence-corrected chi connectivity index (χ0v) is 84.9. The number of piperidine rings is 1. The molecule has 0 spiro atoms.